The van der Waals surface area contributed by atoms with Gasteiger partial charge in [-0.25, -0.2) is 0 Å². The highest BCUT2D eigenvalue weighted by atomic mass is 16.5. The lowest BCUT2D eigenvalue weighted by Crippen LogP contribution is -2.27. The average molecular weight is 334 g/mol. The Labute approximate surface area is 146 Å². The molecule has 0 spiro atoms. The van der Waals surface area contributed by atoms with E-state index in [1.807, 2.05) is 0 Å². The zero-order valence-electron chi connectivity index (χ0n) is 15.1. The summed E-state index contributed by atoms with van der Waals surface area (Å²) in [7, 11) is 1.61. The Bertz CT molecular complexity index is 475. The molecule has 4 heteroatoms. The van der Waals surface area contributed by atoms with Gasteiger partial charge in [0, 0.05) is 20.5 Å². The Kier molecular flexibility index (Phi) is 13.7. The highest BCUT2D eigenvalue weighted by Crippen LogP contribution is 2.13. The van der Waals surface area contributed by atoms with Gasteiger partial charge in [-0.15, -0.1) is 0 Å². The molecule has 0 aromatic carbocycles. The van der Waals surface area contributed by atoms with Gasteiger partial charge in [-0.1, -0.05) is 51.5 Å². The van der Waals surface area contributed by atoms with Gasteiger partial charge in [0.1, 0.15) is 0 Å². The zero-order valence-corrected chi connectivity index (χ0v) is 15.1. The molecule has 0 aliphatic heterocycles. The molecule has 0 aromatic heterocycles. The third-order valence-electron chi connectivity index (χ3n) is 3.51. The second-order valence-corrected chi connectivity index (χ2v) is 5.59. The van der Waals surface area contributed by atoms with Gasteiger partial charge < -0.3 is 14.6 Å². The summed E-state index contributed by atoms with van der Waals surface area (Å²) >= 11 is 0. The van der Waals surface area contributed by atoms with E-state index in [1.165, 1.54) is 32.3 Å². The number of aliphatic hydroxyl groups excluding tert-OH is 1. The van der Waals surface area contributed by atoms with Crippen LogP contribution in [0.1, 0.15) is 58.8 Å². The van der Waals surface area contributed by atoms with Crippen LogP contribution in [0.15, 0.2) is 12.7 Å². The van der Waals surface area contributed by atoms with Crippen LogP contribution in [0.2, 0.25) is 0 Å². The minimum Gasteiger partial charge on any atom is -0.445 e. The lowest BCUT2D eigenvalue weighted by molar-refractivity contribution is -0.142. The van der Waals surface area contributed by atoms with Gasteiger partial charge in [0.15, 0.2) is 6.10 Å². The molecule has 0 aliphatic rings. The van der Waals surface area contributed by atoms with Gasteiger partial charge >= 0.3 is 5.97 Å². The molecule has 0 aromatic rings. The van der Waals surface area contributed by atoms with E-state index >= 15 is 0 Å². The molecule has 1 N–H and O–H groups in total. The van der Waals surface area contributed by atoms with Crippen LogP contribution in [0.4, 0.5) is 0 Å². The minimum atomic E-state index is -0.656. The first-order valence-electron chi connectivity index (χ1n) is 8.54. The van der Waals surface area contributed by atoms with Crippen molar-refractivity contribution in [3.8, 4) is 23.7 Å². The molecule has 0 rings (SSSR count). The van der Waals surface area contributed by atoms with Gasteiger partial charge in [-0.05, 0) is 30.3 Å². The molecule has 0 bridgehead atoms. The maximum atomic E-state index is 10.8. The summed E-state index contributed by atoms with van der Waals surface area (Å²) in [6, 6.07) is 0. The monoisotopic (exact) mass is 334 g/mol. The number of unbranched alkanes of at least 4 members (excludes halogenated alkanes) is 4. The van der Waals surface area contributed by atoms with E-state index < -0.39 is 18.2 Å². The molecule has 0 unspecified atom stereocenters. The lowest BCUT2D eigenvalue weighted by atomic mass is 10.0. The number of methoxy groups -OCH3 is 1. The second-order valence-electron chi connectivity index (χ2n) is 5.59. The molecule has 0 radical (unpaired) electrons. The summed E-state index contributed by atoms with van der Waals surface area (Å²) in [6.45, 7) is 7.04. The standard InChI is InChI=1S/C20H30O4/c1-5-7-8-9-13-16-20(23-4)19(22)15-12-10-11-14-18(6-2)24-17(3)21/h6,18-20,22H,2,5,7-9,13,15-16H2,1,3-4H3/t18-,19+,20+/m1/s1. The van der Waals surface area contributed by atoms with Crippen molar-refractivity contribution in [3.05, 3.63) is 12.7 Å². The third-order valence-corrected chi connectivity index (χ3v) is 3.51. The number of rotatable bonds is 11. The maximum absolute atomic E-state index is 10.8. The summed E-state index contributed by atoms with van der Waals surface area (Å²) in [5, 5.41) is 10.1. The van der Waals surface area contributed by atoms with Crippen molar-refractivity contribution in [2.45, 2.75) is 77.1 Å². The number of carbonyl (C=O) groups excluding carboxylic acids is 1. The van der Waals surface area contributed by atoms with Gasteiger partial charge in [0.25, 0.3) is 0 Å². The predicted octanol–water partition coefficient (Wildman–Crippen LogP) is 3.24. The van der Waals surface area contributed by atoms with Crippen molar-refractivity contribution in [2.75, 3.05) is 7.11 Å². The van der Waals surface area contributed by atoms with Crippen LogP contribution in [-0.2, 0) is 14.3 Å². The molecule has 24 heavy (non-hydrogen) atoms. The number of hydrogen-bond acceptors (Lipinski definition) is 4. The first-order valence-corrected chi connectivity index (χ1v) is 8.54. The quantitative estimate of drug-likeness (QED) is 0.273. The molecule has 0 fully saturated rings. The van der Waals surface area contributed by atoms with E-state index in [0.29, 0.717) is 6.42 Å². The molecular weight excluding hydrogens is 304 g/mol. The van der Waals surface area contributed by atoms with E-state index in [-0.39, 0.29) is 6.10 Å². The van der Waals surface area contributed by atoms with E-state index in [1.54, 1.807) is 7.11 Å². The number of esters is 1. The highest BCUT2D eigenvalue weighted by molar-refractivity contribution is 5.66. The Morgan fingerprint density at radius 2 is 1.96 bits per heavy atom. The molecule has 3 atom stereocenters. The molecule has 0 saturated carbocycles. The van der Waals surface area contributed by atoms with E-state index in [4.69, 9.17) is 9.47 Å². The van der Waals surface area contributed by atoms with Crippen molar-refractivity contribution in [2.24, 2.45) is 0 Å². The van der Waals surface area contributed by atoms with Crippen LogP contribution in [0.25, 0.3) is 0 Å². The first kappa shape index (κ1) is 22.2. The highest BCUT2D eigenvalue weighted by Gasteiger charge is 2.16. The van der Waals surface area contributed by atoms with Crippen LogP contribution in [0.5, 0.6) is 0 Å². The molecule has 134 valence electrons. The van der Waals surface area contributed by atoms with E-state index in [2.05, 4.69) is 37.2 Å². The summed E-state index contributed by atoms with van der Waals surface area (Å²) in [6.07, 6.45) is 7.00. The van der Waals surface area contributed by atoms with Crippen LogP contribution < -0.4 is 0 Å². The lowest BCUT2D eigenvalue weighted by Gasteiger charge is -2.19. The molecule has 4 nitrogen and oxygen atoms in total. The fourth-order valence-corrected chi connectivity index (χ4v) is 2.17. The SMILES string of the molecule is C=C[C@H](C#CC#CC[C@H](O)[C@H](CCCCCCC)OC)OC(C)=O. The Morgan fingerprint density at radius 1 is 1.25 bits per heavy atom. The smallest absolute Gasteiger partial charge is 0.304 e. The van der Waals surface area contributed by atoms with Crippen molar-refractivity contribution < 1.29 is 19.4 Å². The molecule has 0 saturated heterocycles. The van der Waals surface area contributed by atoms with Crippen LogP contribution in [0, 0.1) is 23.7 Å². The largest absolute Gasteiger partial charge is 0.445 e. The third kappa shape index (κ3) is 11.8. The Balaban J connectivity index is 4.23. The molecule has 0 aliphatic carbocycles. The van der Waals surface area contributed by atoms with Crippen LogP contribution in [-0.4, -0.2) is 36.5 Å². The van der Waals surface area contributed by atoms with Gasteiger partial charge in [-0.3, -0.25) is 4.79 Å². The van der Waals surface area contributed by atoms with Gasteiger partial charge in [-0.2, -0.15) is 0 Å². The summed E-state index contributed by atoms with van der Waals surface area (Å²) in [5.74, 6) is 10.3. The van der Waals surface area contributed by atoms with Crippen molar-refractivity contribution in [3.63, 3.8) is 0 Å². The fraction of sp³-hybridized carbons (Fsp3) is 0.650. The Hall–Kier alpha value is -1.75. The number of hydrogen-bond donors (Lipinski definition) is 1. The number of aliphatic hydroxyl groups is 1. The van der Waals surface area contributed by atoms with E-state index in [0.717, 1.165) is 19.3 Å². The molecule has 0 amide bonds. The molecular formula is C20H30O4. The average Bonchev–Trinajstić information content (AvgIpc) is 2.56. The van der Waals surface area contributed by atoms with Crippen LogP contribution in [0.3, 0.4) is 0 Å². The van der Waals surface area contributed by atoms with Gasteiger partial charge in [0.2, 0.25) is 0 Å². The molecule has 0 heterocycles. The normalized spacial score (nSPS) is 13.5. The fourth-order valence-electron chi connectivity index (χ4n) is 2.17. The minimum absolute atomic E-state index is 0.198. The van der Waals surface area contributed by atoms with Gasteiger partial charge in [0.05, 0.1) is 12.2 Å². The van der Waals surface area contributed by atoms with Crippen LogP contribution >= 0.6 is 0 Å². The number of ether oxygens (including phenoxy) is 2. The topological polar surface area (TPSA) is 55.8 Å². The van der Waals surface area contributed by atoms with Crippen molar-refractivity contribution >= 4 is 5.97 Å². The summed E-state index contributed by atoms with van der Waals surface area (Å²) in [5.41, 5.74) is 0. The zero-order chi connectivity index (χ0) is 18.2. The second kappa shape index (κ2) is 14.8. The summed E-state index contributed by atoms with van der Waals surface area (Å²) in [4.78, 5) is 10.8. The maximum Gasteiger partial charge on any atom is 0.304 e. The van der Waals surface area contributed by atoms with Crippen molar-refractivity contribution in [1.29, 1.82) is 0 Å². The summed E-state index contributed by atoms with van der Waals surface area (Å²) < 4.78 is 10.2. The first-order chi connectivity index (χ1) is 11.5. The van der Waals surface area contributed by atoms with Crippen molar-refractivity contribution in [1.82, 2.24) is 0 Å². The number of carbonyl (C=O) groups is 1. The predicted molar refractivity (Wildman–Crippen MR) is 96.1 cm³/mol. The Morgan fingerprint density at radius 3 is 2.54 bits per heavy atom. The van der Waals surface area contributed by atoms with E-state index in [9.17, 15) is 9.90 Å².